The quantitative estimate of drug-likeness (QED) is 0.916. The summed E-state index contributed by atoms with van der Waals surface area (Å²) in [6.07, 6.45) is 6.03. The van der Waals surface area contributed by atoms with Gasteiger partial charge in [-0.2, -0.15) is 0 Å². The molecule has 3 rings (SSSR count). The molecule has 128 valence electrons. The second-order valence-corrected chi connectivity index (χ2v) is 7.68. The molecule has 1 atom stereocenters. The maximum atomic E-state index is 12.7. The normalized spacial score (nSPS) is 22.0. The van der Waals surface area contributed by atoms with Crippen LogP contribution in [-0.4, -0.2) is 55.1 Å². The van der Waals surface area contributed by atoms with Gasteiger partial charge in [0.15, 0.2) is 5.13 Å². The molecule has 0 saturated carbocycles. The summed E-state index contributed by atoms with van der Waals surface area (Å²) in [6, 6.07) is 0. The lowest BCUT2D eigenvalue weighted by Gasteiger charge is -2.30. The number of nitrogens with one attached hydrogen (secondary N) is 1. The number of thiazole rings is 1. The summed E-state index contributed by atoms with van der Waals surface area (Å²) in [6.45, 7) is 8.10. The van der Waals surface area contributed by atoms with E-state index in [0.717, 1.165) is 50.8 Å². The third-order valence-electron chi connectivity index (χ3n) is 5.22. The molecule has 2 saturated heterocycles. The lowest BCUT2D eigenvalue weighted by Crippen LogP contribution is -2.37. The predicted octanol–water partition coefficient (Wildman–Crippen LogP) is 2.21. The fourth-order valence-corrected chi connectivity index (χ4v) is 4.41. The van der Waals surface area contributed by atoms with E-state index >= 15 is 0 Å². The van der Waals surface area contributed by atoms with Crippen LogP contribution < -0.4 is 10.2 Å². The number of carbonyl (C=O) groups is 1. The number of hydrogen-bond donors (Lipinski definition) is 1. The van der Waals surface area contributed by atoms with E-state index < -0.39 is 0 Å². The second kappa shape index (κ2) is 8.11. The maximum Gasteiger partial charge on any atom is 0.222 e. The van der Waals surface area contributed by atoms with Gasteiger partial charge in [0.05, 0.1) is 0 Å². The van der Waals surface area contributed by atoms with Crippen LogP contribution in [0.15, 0.2) is 11.6 Å². The molecule has 1 N–H and O–H groups in total. The SMILES string of the molecule is CC(CC(=O)N1CCCN(c2nccs2)CC1)C1CCNCC1. The first-order valence-corrected chi connectivity index (χ1v) is 9.75. The summed E-state index contributed by atoms with van der Waals surface area (Å²) in [5.74, 6) is 1.55. The van der Waals surface area contributed by atoms with E-state index in [-0.39, 0.29) is 0 Å². The van der Waals surface area contributed by atoms with Crippen LogP contribution in [0.3, 0.4) is 0 Å². The van der Waals surface area contributed by atoms with Gasteiger partial charge in [0.2, 0.25) is 5.91 Å². The van der Waals surface area contributed by atoms with Crippen LogP contribution >= 0.6 is 11.3 Å². The average molecular weight is 337 g/mol. The lowest BCUT2D eigenvalue weighted by molar-refractivity contribution is -0.132. The molecule has 5 nitrogen and oxygen atoms in total. The molecule has 0 bridgehead atoms. The van der Waals surface area contributed by atoms with Crippen molar-refractivity contribution in [3.05, 3.63) is 11.6 Å². The van der Waals surface area contributed by atoms with Gasteiger partial charge in [-0.3, -0.25) is 4.79 Å². The van der Waals surface area contributed by atoms with E-state index in [1.54, 1.807) is 11.3 Å². The standard InChI is InChI=1S/C17H28N4OS/c1-14(15-3-5-18-6-4-15)13-16(22)20-8-2-9-21(11-10-20)17-19-7-12-23-17/h7,12,14-15,18H,2-6,8-11,13H2,1H3. The van der Waals surface area contributed by atoms with Crippen LogP contribution in [0.1, 0.15) is 32.6 Å². The fourth-order valence-electron chi connectivity index (χ4n) is 3.71. The van der Waals surface area contributed by atoms with Crippen LogP contribution in [-0.2, 0) is 4.79 Å². The zero-order chi connectivity index (χ0) is 16.1. The van der Waals surface area contributed by atoms with Gasteiger partial charge in [-0.25, -0.2) is 4.98 Å². The molecule has 1 aromatic rings. The molecule has 23 heavy (non-hydrogen) atoms. The molecule has 0 aliphatic carbocycles. The molecule has 6 heteroatoms. The lowest BCUT2D eigenvalue weighted by atomic mass is 9.84. The van der Waals surface area contributed by atoms with Crippen molar-refractivity contribution in [2.24, 2.45) is 11.8 Å². The molecule has 2 aliphatic rings. The van der Waals surface area contributed by atoms with Gasteiger partial charge in [0, 0.05) is 44.2 Å². The number of carbonyl (C=O) groups excluding carboxylic acids is 1. The molecular formula is C17H28N4OS. The first-order valence-electron chi connectivity index (χ1n) is 8.87. The maximum absolute atomic E-state index is 12.7. The number of hydrogen-bond acceptors (Lipinski definition) is 5. The van der Waals surface area contributed by atoms with E-state index in [1.165, 1.54) is 12.8 Å². The van der Waals surface area contributed by atoms with Gasteiger partial charge in [0.25, 0.3) is 0 Å². The smallest absolute Gasteiger partial charge is 0.222 e. The number of anilines is 1. The van der Waals surface area contributed by atoms with Gasteiger partial charge in [-0.1, -0.05) is 6.92 Å². The van der Waals surface area contributed by atoms with E-state index in [2.05, 4.69) is 27.0 Å². The number of nitrogens with zero attached hydrogens (tertiary/aromatic N) is 3. The summed E-state index contributed by atoms with van der Waals surface area (Å²) in [5, 5.41) is 6.51. The molecular weight excluding hydrogens is 308 g/mol. The van der Waals surface area contributed by atoms with Gasteiger partial charge in [-0.05, 0) is 44.2 Å². The number of piperidine rings is 1. The number of aromatic nitrogens is 1. The van der Waals surface area contributed by atoms with E-state index in [1.807, 2.05) is 11.6 Å². The Morgan fingerprint density at radius 3 is 2.91 bits per heavy atom. The Morgan fingerprint density at radius 1 is 1.35 bits per heavy atom. The van der Waals surface area contributed by atoms with Crippen molar-refractivity contribution in [2.75, 3.05) is 44.2 Å². The summed E-state index contributed by atoms with van der Waals surface area (Å²) >= 11 is 1.68. The van der Waals surface area contributed by atoms with Crippen LogP contribution in [0.2, 0.25) is 0 Å². The first kappa shape index (κ1) is 16.7. The highest BCUT2D eigenvalue weighted by molar-refractivity contribution is 7.13. The summed E-state index contributed by atoms with van der Waals surface area (Å²) in [7, 11) is 0. The van der Waals surface area contributed by atoms with Crippen molar-refractivity contribution in [1.82, 2.24) is 15.2 Å². The van der Waals surface area contributed by atoms with Crippen LogP contribution in [0.4, 0.5) is 5.13 Å². The highest BCUT2D eigenvalue weighted by Gasteiger charge is 2.25. The van der Waals surface area contributed by atoms with Gasteiger partial charge >= 0.3 is 0 Å². The molecule has 2 fully saturated rings. The zero-order valence-electron chi connectivity index (χ0n) is 14.0. The summed E-state index contributed by atoms with van der Waals surface area (Å²) in [5.41, 5.74) is 0. The van der Waals surface area contributed by atoms with Crippen molar-refractivity contribution in [3.8, 4) is 0 Å². The van der Waals surface area contributed by atoms with Gasteiger partial charge < -0.3 is 15.1 Å². The minimum atomic E-state index is 0.344. The Balaban J connectivity index is 1.49. The monoisotopic (exact) mass is 336 g/mol. The Morgan fingerprint density at radius 2 is 2.17 bits per heavy atom. The van der Waals surface area contributed by atoms with E-state index in [4.69, 9.17) is 0 Å². The topological polar surface area (TPSA) is 48.5 Å². The Bertz CT molecular complexity index is 487. The van der Waals surface area contributed by atoms with Crippen LogP contribution in [0, 0.1) is 11.8 Å². The number of rotatable bonds is 4. The third-order valence-corrected chi connectivity index (χ3v) is 6.06. The van der Waals surface area contributed by atoms with E-state index in [0.29, 0.717) is 24.2 Å². The molecule has 0 radical (unpaired) electrons. The summed E-state index contributed by atoms with van der Waals surface area (Å²) in [4.78, 5) is 21.5. The van der Waals surface area contributed by atoms with Gasteiger partial charge in [-0.15, -0.1) is 11.3 Å². The molecule has 1 amide bonds. The minimum Gasteiger partial charge on any atom is -0.346 e. The zero-order valence-corrected chi connectivity index (χ0v) is 14.9. The molecule has 1 aromatic heterocycles. The van der Waals surface area contributed by atoms with Crippen LogP contribution in [0.25, 0.3) is 0 Å². The average Bonchev–Trinajstić information content (AvgIpc) is 3.00. The van der Waals surface area contributed by atoms with Crippen molar-refractivity contribution < 1.29 is 4.79 Å². The van der Waals surface area contributed by atoms with E-state index in [9.17, 15) is 4.79 Å². The predicted molar refractivity (Wildman–Crippen MR) is 94.9 cm³/mol. The largest absolute Gasteiger partial charge is 0.346 e. The van der Waals surface area contributed by atoms with Gasteiger partial charge in [0.1, 0.15) is 0 Å². The Kier molecular flexibility index (Phi) is 5.89. The van der Waals surface area contributed by atoms with Crippen molar-refractivity contribution in [2.45, 2.75) is 32.6 Å². The minimum absolute atomic E-state index is 0.344. The molecule has 2 aliphatic heterocycles. The highest BCUT2D eigenvalue weighted by Crippen LogP contribution is 2.25. The molecule has 0 spiro atoms. The fraction of sp³-hybridized carbons (Fsp3) is 0.765. The van der Waals surface area contributed by atoms with Crippen LogP contribution in [0.5, 0.6) is 0 Å². The molecule has 0 aromatic carbocycles. The summed E-state index contributed by atoms with van der Waals surface area (Å²) < 4.78 is 0. The second-order valence-electron chi connectivity index (χ2n) is 6.80. The Labute approximate surface area is 143 Å². The van der Waals surface area contributed by atoms with Crippen molar-refractivity contribution in [3.63, 3.8) is 0 Å². The number of amides is 1. The Hall–Kier alpha value is -1.14. The van der Waals surface area contributed by atoms with Crippen molar-refractivity contribution in [1.29, 1.82) is 0 Å². The molecule has 3 heterocycles. The highest BCUT2D eigenvalue weighted by atomic mass is 32.1. The first-order chi connectivity index (χ1) is 11.2. The third kappa shape index (κ3) is 4.44. The van der Waals surface area contributed by atoms with Crippen molar-refractivity contribution >= 4 is 22.4 Å². The molecule has 1 unspecified atom stereocenters.